The van der Waals surface area contributed by atoms with Crippen LogP contribution in [0.2, 0.25) is 0 Å². The lowest BCUT2D eigenvalue weighted by Gasteiger charge is -2.09. The highest BCUT2D eigenvalue weighted by molar-refractivity contribution is 5.05. The highest BCUT2D eigenvalue weighted by Gasteiger charge is 1.93. The highest BCUT2D eigenvalue weighted by atomic mass is 16.5. The van der Waals surface area contributed by atoms with Crippen molar-refractivity contribution in [3.63, 3.8) is 0 Å². The van der Waals surface area contributed by atoms with E-state index in [1.54, 1.807) is 12.3 Å². The molecule has 0 atom stereocenters. The number of likely N-dealkylation sites (N-methyl/N-ethyl adjacent to an activating group) is 1. The summed E-state index contributed by atoms with van der Waals surface area (Å²) in [5.41, 5.74) is 0. The van der Waals surface area contributed by atoms with Gasteiger partial charge in [-0.1, -0.05) is 0 Å². The Hall–Kier alpha value is -1.09. The van der Waals surface area contributed by atoms with Gasteiger partial charge < -0.3 is 9.64 Å². The maximum Gasteiger partial charge on any atom is 0.222 e. The minimum Gasteiger partial charge on any atom is -0.476 e. The molecule has 0 aliphatic heterocycles. The molecule has 12 heavy (non-hydrogen) atoms. The molecule has 0 unspecified atom stereocenters. The van der Waals surface area contributed by atoms with Crippen LogP contribution in [-0.2, 0) is 0 Å². The van der Waals surface area contributed by atoms with Crippen LogP contribution in [0.25, 0.3) is 0 Å². The van der Waals surface area contributed by atoms with Gasteiger partial charge in [-0.2, -0.15) is 0 Å². The molecule has 1 rings (SSSR count). The molecule has 0 N–H and O–H groups in total. The summed E-state index contributed by atoms with van der Waals surface area (Å²) in [6, 6.07) is 7.23. The highest BCUT2D eigenvalue weighted by Crippen LogP contribution is 2.00. The lowest BCUT2D eigenvalue weighted by Crippen LogP contribution is -2.19. The Morgan fingerprint density at radius 2 is 2.42 bits per heavy atom. The topological polar surface area (TPSA) is 25.4 Å². The molecule has 0 spiro atoms. The fraction of sp³-hybridized carbons (Fsp3) is 0.444. The molecule has 0 aliphatic rings. The van der Waals surface area contributed by atoms with E-state index >= 15 is 0 Å². The molecule has 2 radical (unpaired) electrons. The average molecular weight is 164 g/mol. The maximum atomic E-state index is 5.28. The first-order valence-corrected chi connectivity index (χ1v) is 3.81. The minimum atomic E-state index is 0.513. The van der Waals surface area contributed by atoms with Gasteiger partial charge in [0.15, 0.2) is 0 Å². The van der Waals surface area contributed by atoms with Gasteiger partial charge in [-0.05, 0) is 26.2 Å². The second kappa shape index (κ2) is 4.72. The number of rotatable bonds is 4. The van der Waals surface area contributed by atoms with Crippen LogP contribution in [0.15, 0.2) is 12.3 Å². The number of hydrogen-bond donors (Lipinski definition) is 0. The van der Waals surface area contributed by atoms with E-state index in [1.165, 1.54) is 0 Å². The average Bonchev–Trinajstić information content (AvgIpc) is 2.05. The van der Waals surface area contributed by atoms with E-state index in [0.717, 1.165) is 6.54 Å². The lowest BCUT2D eigenvalue weighted by atomic mass is 10.5. The molecular weight excluding hydrogens is 152 g/mol. The fourth-order valence-electron chi connectivity index (χ4n) is 0.676. The van der Waals surface area contributed by atoms with Crippen LogP contribution >= 0.6 is 0 Å². The molecule has 0 aromatic carbocycles. The fourth-order valence-corrected chi connectivity index (χ4v) is 0.676. The zero-order chi connectivity index (χ0) is 8.81. The second-order valence-electron chi connectivity index (χ2n) is 2.67. The second-order valence-corrected chi connectivity index (χ2v) is 2.67. The van der Waals surface area contributed by atoms with Gasteiger partial charge in [0, 0.05) is 12.7 Å². The molecule has 0 aliphatic carbocycles. The third-order valence-corrected chi connectivity index (χ3v) is 1.31. The quantitative estimate of drug-likeness (QED) is 0.652. The molecule has 1 aromatic rings. The first-order valence-electron chi connectivity index (χ1n) is 3.81. The summed E-state index contributed by atoms with van der Waals surface area (Å²) in [5, 5.41) is 0. The van der Waals surface area contributed by atoms with E-state index in [2.05, 4.69) is 17.1 Å². The van der Waals surface area contributed by atoms with E-state index in [4.69, 9.17) is 4.74 Å². The van der Waals surface area contributed by atoms with Gasteiger partial charge in [-0.3, -0.25) is 0 Å². The van der Waals surface area contributed by atoms with E-state index in [-0.39, 0.29) is 0 Å². The number of aromatic nitrogens is 1. The Morgan fingerprint density at radius 1 is 1.58 bits per heavy atom. The molecule has 3 heteroatoms. The van der Waals surface area contributed by atoms with Gasteiger partial charge in [-0.25, -0.2) is 4.98 Å². The van der Waals surface area contributed by atoms with E-state index in [9.17, 15) is 0 Å². The van der Waals surface area contributed by atoms with Crippen molar-refractivity contribution in [1.82, 2.24) is 9.88 Å². The summed E-state index contributed by atoms with van der Waals surface area (Å²) in [4.78, 5) is 6.00. The van der Waals surface area contributed by atoms with Crippen molar-refractivity contribution in [2.24, 2.45) is 0 Å². The summed E-state index contributed by atoms with van der Waals surface area (Å²) in [6.07, 6.45) is 1.64. The van der Waals surface area contributed by atoms with Gasteiger partial charge in [0.1, 0.15) is 6.61 Å². The van der Waals surface area contributed by atoms with Crippen molar-refractivity contribution in [2.45, 2.75) is 0 Å². The predicted molar refractivity (Wildman–Crippen MR) is 46.0 cm³/mol. The molecule has 0 saturated heterocycles. The van der Waals surface area contributed by atoms with Crippen LogP contribution in [0.3, 0.4) is 0 Å². The standard InChI is InChI=1S/C9H12N2O/c1-11(2)7-8-12-9-5-3-4-6-10-9/h4,6H,7-8H2,1-2H3. The molecule has 0 amide bonds. The Kier molecular flexibility index (Phi) is 3.54. The van der Waals surface area contributed by atoms with Gasteiger partial charge in [-0.15, -0.1) is 0 Å². The summed E-state index contributed by atoms with van der Waals surface area (Å²) in [6.45, 7) is 1.51. The van der Waals surface area contributed by atoms with Crippen LogP contribution in [0.5, 0.6) is 5.88 Å². The number of pyridine rings is 1. The van der Waals surface area contributed by atoms with Crippen LogP contribution in [0.1, 0.15) is 0 Å². The molecule has 0 saturated carbocycles. The van der Waals surface area contributed by atoms with Crippen LogP contribution in [0, 0.1) is 12.1 Å². The van der Waals surface area contributed by atoms with Crippen molar-refractivity contribution in [2.75, 3.05) is 27.2 Å². The van der Waals surface area contributed by atoms with Crippen molar-refractivity contribution in [1.29, 1.82) is 0 Å². The summed E-state index contributed by atoms with van der Waals surface area (Å²) in [5.74, 6) is 0.513. The number of ether oxygens (including phenoxy) is 1. The smallest absolute Gasteiger partial charge is 0.222 e. The Balaban J connectivity index is 2.25. The number of nitrogens with zero attached hydrogens (tertiary/aromatic N) is 2. The molecule has 1 heterocycles. The van der Waals surface area contributed by atoms with Gasteiger partial charge >= 0.3 is 0 Å². The van der Waals surface area contributed by atoms with Gasteiger partial charge in [0.05, 0.1) is 6.07 Å². The lowest BCUT2D eigenvalue weighted by molar-refractivity contribution is 0.253. The molecule has 0 fully saturated rings. The first-order chi connectivity index (χ1) is 5.79. The van der Waals surface area contributed by atoms with Crippen molar-refractivity contribution in [3.8, 4) is 5.88 Å². The zero-order valence-electron chi connectivity index (χ0n) is 7.37. The van der Waals surface area contributed by atoms with Crippen molar-refractivity contribution in [3.05, 3.63) is 24.4 Å². The SMILES string of the molecule is CN(C)CCOc1[c][c]ccn1. The Labute approximate surface area is 73.0 Å². The van der Waals surface area contributed by atoms with Crippen LogP contribution < -0.4 is 4.74 Å². The third kappa shape index (κ3) is 3.34. The van der Waals surface area contributed by atoms with E-state index in [1.807, 2.05) is 19.0 Å². The Bertz CT molecular complexity index is 211. The summed E-state index contributed by atoms with van der Waals surface area (Å²) in [7, 11) is 4.00. The molecule has 64 valence electrons. The van der Waals surface area contributed by atoms with E-state index < -0.39 is 0 Å². The molecular formula is C9H12N2O. The number of hydrogen-bond acceptors (Lipinski definition) is 3. The van der Waals surface area contributed by atoms with E-state index in [0.29, 0.717) is 12.5 Å². The van der Waals surface area contributed by atoms with Gasteiger partial charge in [0.25, 0.3) is 0 Å². The Morgan fingerprint density at radius 3 is 3.00 bits per heavy atom. The maximum absolute atomic E-state index is 5.28. The van der Waals surface area contributed by atoms with Gasteiger partial charge in [0.2, 0.25) is 5.88 Å². The molecule has 3 nitrogen and oxygen atoms in total. The third-order valence-electron chi connectivity index (χ3n) is 1.31. The summed E-state index contributed by atoms with van der Waals surface area (Å²) < 4.78 is 5.28. The predicted octanol–water partition coefficient (Wildman–Crippen LogP) is 0.622. The van der Waals surface area contributed by atoms with Crippen LogP contribution in [0.4, 0.5) is 0 Å². The zero-order valence-corrected chi connectivity index (χ0v) is 7.37. The van der Waals surface area contributed by atoms with Crippen molar-refractivity contribution < 1.29 is 4.74 Å². The monoisotopic (exact) mass is 164 g/mol. The molecule has 0 bridgehead atoms. The van der Waals surface area contributed by atoms with Crippen molar-refractivity contribution >= 4 is 0 Å². The largest absolute Gasteiger partial charge is 0.476 e. The minimum absolute atomic E-state index is 0.513. The summed E-state index contributed by atoms with van der Waals surface area (Å²) >= 11 is 0. The van der Waals surface area contributed by atoms with Crippen LogP contribution in [-0.4, -0.2) is 37.1 Å². The normalized spacial score (nSPS) is 10.2. The first kappa shape index (κ1) is 9.00. The molecule has 1 aromatic heterocycles.